The second-order valence-electron chi connectivity index (χ2n) is 11.3. The van der Waals surface area contributed by atoms with E-state index in [1.54, 1.807) is 4.90 Å². The van der Waals surface area contributed by atoms with Gasteiger partial charge < -0.3 is 20.9 Å². The molecular weight excluding hydrogens is 564 g/mol. The summed E-state index contributed by atoms with van der Waals surface area (Å²) in [7, 11) is 0. The molecule has 0 spiro atoms. The molecule has 10 nitrogen and oxygen atoms in total. The topological polar surface area (TPSA) is 146 Å². The molecule has 2 amide bonds. The minimum atomic E-state index is -0.793. The van der Waals surface area contributed by atoms with Gasteiger partial charge in [0.1, 0.15) is 6.04 Å². The van der Waals surface area contributed by atoms with Gasteiger partial charge in [0.05, 0.1) is 12.6 Å². The number of nitrogens with one attached hydrogen (secondary N) is 3. The van der Waals surface area contributed by atoms with Crippen LogP contribution in [0.25, 0.3) is 33.4 Å². The normalized spacial score (nSPS) is 15.4. The van der Waals surface area contributed by atoms with Crippen LogP contribution in [-0.2, 0) is 29.0 Å². The molecule has 0 bridgehead atoms. The molecule has 3 heterocycles. The predicted molar refractivity (Wildman–Crippen MR) is 173 cm³/mol. The SMILES string of the molecule is N[C@H](Cc1c[nH]c2ccccc12)C(=O)N[C@@H]1CCc2ccccc2N(Cc2ccc(-c3ccccc3-c3nn[nH]n3)cc2)C1=O. The van der Waals surface area contributed by atoms with Crippen molar-refractivity contribution < 1.29 is 9.59 Å². The number of hydrogen-bond donors (Lipinski definition) is 4. The number of hydrogen-bond acceptors (Lipinski definition) is 6. The van der Waals surface area contributed by atoms with Crippen molar-refractivity contribution in [1.82, 2.24) is 30.9 Å². The van der Waals surface area contributed by atoms with Gasteiger partial charge in [-0.15, -0.1) is 10.2 Å². The first-order valence-corrected chi connectivity index (χ1v) is 15.0. The summed E-state index contributed by atoms with van der Waals surface area (Å²) >= 11 is 0. The second kappa shape index (κ2) is 12.2. The van der Waals surface area contributed by atoms with Crippen LogP contribution in [0.15, 0.2) is 103 Å². The van der Waals surface area contributed by atoms with Gasteiger partial charge in [0, 0.05) is 28.4 Å². The fraction of sp³-hybridized carbons (Fsp3) is 0.171. The summed E-state index contributed by atoms with van der Waals surface area (Å²) in [6.07, 6.45) is 3.40. The zero-order valence-corrected chi connectivity index (χ0v) is 24.5. The van der Waals surface area contributed by atoms with Gasteiger partial charge in [-0.2, -0.15) is 5.21 Å². The Morgan fingerprint density at radius 2 is 1.71 bits per heavy atom. The van der Waals surface area contributed by atoms with E-state index in [-0.39, 0.29) is 11.8 Å². The molecule has 5 N–H and O–H groups in total. The summed E-state index contributed by atoms with van der Waals surface area (Å²) in [5.74, 6) is 0.0315. The molecule has 4 aromatic carbocycles. The number of benzene rings is 4. The maximum Gasteiger partial charge on any atom is 0.249 e. The van der Waals surface area contributed by atoms with Crippen LogP contribution in [0.3, 0.4) is 0 Å². The summed E-state index contributed by atoms with van der Waals surface area (Å²) in [4.78, 5) is 32.4. The van der Waals surface area contributed by atoms with Crippen LogP contribution in [0.2, 0.25) is 0 Å². The number of rotatable bonds is 8. The van der Waals surface area contributed by atoms with Crippen molar-refractivity contribution in [3.05, 3.63) is 120 Å². The van der Waals surface area contributed by atoms with Crippen molar-refractivity contribution >= 4 is 28.4 Å². The Balaban J connectivity index is 1.10. The third-order valence-electron chi connectivity index (χ3n) is 8.44. The van der Waals surface area contributed by atoms with E-state index in [0.717, 1.165) is 50.0 Å². The minimum absolute atomic E-state index is 0.154. The number of H-pyrrole nitrogens is 2. The summed E-state index contributed by atoms with van der Waals surface area (Å²) in [5.41, 5.74) is 14.1. The van der Waals surface area contributed by atoms with E-state index in [4.69, 9.17) is 5.73 Å². The van der Waals surface area contributed by atoms with Crippen molar-refractivity contribution in [3.63, 3.8) is 0 Å². The molecule has 2 atom stereocenters. The van der Waals surface area contributed by atoms with Gasteiger partial charge in [0.15, 0.2) is 0 Å². The Morgan fingerprint density at radius 3 is 2.53 bits per heavy atom. The third-order valence-corrected chi connectivity index (χ3v) is 8.44. The molecule has 7 rings (SSSR count). The molecule has 224 valence electrons. The smallest absolute Gasteiger partial charge is 0.249 e. The average Bonchev–Trinajstić information content (AvgIpc) is 3.74. The molecule has 1 aliphatic rings. The Hall–Kier alpha value is -5.61. The second-order valence-corrected chi connectivity index (χ2v) is 11.3. The van der Waals surface area contributed by atoms with E-state index in [0.29, 0.717) is 31.6 Å². The highest BCUT2D eigenvalue weighted by atomic mass is 16.2. The first kappa shape index (κ1) is 28.2. The monoisotopic (exact) mass is 596 g/mol. The maximum absolute atomic E-state index is 14.1. The van der Waals surface area contributed by atoms with Gasteiger partial charge in [-0.3, -0.25) is 9.59 Å². The van der Waals surface area contributed by atoms with Crippen LogP contribution >= 0.6 is 0 Å². The molecular formula is C35H32N8O2. The number of aryl methyl sites for hydroxylation is 1. The summed E-state index contributed by atoms with van der Waals surface area (Å²) in [6.45, 7) is 0.358. The lowest BCUT2D eigenvalue weighted by Gasteiger charge is -2.27. The standard InChI is InChI=1S/C35H32N8O2/c36-29(19-25-20-37-30-11-5-4-9-27(25)30)34(44)38-31-18-17-24-7-1-6-12-32(24)43(35(31)45)21-22-13-15-23(16-14-22)26-8-2-3-10-28(26)33-39-41-42-40-33/h1-16,20,29,31,37H,17-19,21,36H2,(H,38,44)(H,39,40,41,42)/t29-,31-/m1/s1. The summed E-state index contributed by atoms with van der Waals surface area (Å²) in [5, 5.41) is 18.5. The van der Waals surface area contributed by atoms with E-state index in [9.17, 15) is 9.59 Å². The van der Waals surface area contributed by atoms with E-state index < -0.39 is 12.1 Å². The number of aromatic nitrogens is 5. The lowest BCUT2D eigenvalue weighted by Crippen LogP contribution is -2.52. The van der Waals surface area contributed by atoms with Crippen LogP contribution < -0.4 is 16.0 Å². The number of anilines is 1. The largest absolute Gasteiger partial charge is 0.361 e. The minimum Gasteiger partial charge on any atom is -0.361 e. The van der Waals surface area contributed by atoms with Crippen molar-refractivity contribution in [2.45, 2.75) is 37.9 Å². The van der Waals surface area contributed by atoms with Gasteiger partial charge in [-0.05, 0) is 64.4 Å². The fourth-order valence-corrected chi connectivity index (χ4v) is 6.10. The van der Waals surface area contributed by atoms with Crippen LogP contribution in [0.5, 0.6) is 0 Å². The number of para-hydroxylation sites is 2. The van der Waals surface area contributed by atoms with E-state index in [1.165, 1.54) is 0 Å². The number of carbonyl (C=O) groups is 2. The Labute approximate surface area is 259 Å². The van der Waals surface area contributed by atoms with E-state index in [1.807, 2.05) is 103 Å². The lowest BCUT2D eigenvalue weighted by atomic mass is 9.98. The van der Waals surface area contributed by atoms with E-state index >= 15 is 0 Å². The van der Waals surface area contributed by atoms with Crippen molar-refractivity contribution in [1.29, 1.82) is 0 Å². The Morgan fingerprint density at radius 1 is 0.956 bits per heavy atom. The zero-order chi connectivity index (χ0) is 30.8. The first-order chi connectivity index (χ1) is 22.0. The molecule has 2 aromatic heterocycles. The number of amides is 2. The molecule has 0 unspecified atom stereocenters. The summed E-state index contributed by atoms with van der Waals surface area (Å²) < 4.78 is 0. The van der Waals surface area contributed by atoms with Crippen LogP contribution in [-0.4, -0.2) is 49.5 Å². The molecule has 0 aliphatic carbocycles. The average molecular weight is 597 g/mol. The van der Waals surface area contributed by atoms with Gasteiger partial charge in [0.2, 0.25) is 17.6 Å². The molecule has 0 saturated heterocycles. The van der Waals surface area contributed by atoms with Crippen molar-refractivity contribution in [2.24, 2.45) is 5.73 Å². The molecule has 0 fully saturated rings. The Kier molecular flexibility index (Phi) is 7.62. The molecule has 0 radical (unpaired) electrons. The molecule has 0 saturated carbocycles. The lowest BCUT2D eigenvalue weighted by molar-refractivity contribution is -0.128. The van der Waals surface area contributed by atoms with Gasteiger partial charge in [0.25, 0.3) is 0 Å². The van der Waals surface area contributed by atoms with E-state index in [2.05, 4.69) is 30.9 Å². The first-order valence-electron chi connectivity index (χ1n) is 15.0. The number of tetrazole rings is 1. The zero-order valence-electron chi connectivity index (χ0n) is 24.5. The van der Waals surface area contributed by atoms with Crippen LogP contribution in [0.4, 0.5) is 5.69 Å². The predicted octanol–water partition coefficient (Wildman–Crippen LogP) is 4.55. The molecule has 10 heteroatoms. The highest BCUT2D eigenvalue weighted by Gasteiger charge is 2.32. The number of nitrogens with two attached hydrogens (primary N) is 1. The number of fused-ring (bicyclic) bond motifs is 2. The maximum atomic E-state index is 14.1. The quantitative estimate of drug-likeness (QED) is 0.203. The third kappa shape index (κ3) is 5.71. The number of carbonyl (C=O) groups excluding carboxylic acids is 2. The van der Waals surface area contributed by atoms with Gasteiger partial charge >= 0.3 is 0 Å². The Bertz CT molecular complexity index is 1970. The molecule has 1 aliphatic heterocycles. The van der Waals surface area contributed by atoms with Crippen molar-refractivity contribution in [3.8, 4) is 22.5 Å². The highest BCUT2D eigenvalue weighted by Crippen LogP contribution is 2.32. The van der Waals surface area contributed by atoms with Crippen molar-refractivity contribution in [2.75, 3.05) is 4.90 Å². The fourth-order valence-electron chi connectivity index (χ4n) is 6.10. The molecule has 45 heavy (non-hydrogen) atoms. The number of aromatic amines is 2. The number of nitrogens with zero attached hydrogens (tertiary/aromatic N) is 4. The van der Waals surface area contributed by atoms with Gasteiger partial charge in [-0.25, -0.2) is 0 Å². The highest BCUT2D eigenvalue weighted by molar-refractivity contribution is 6.01. The summed E-state index contributed by atoms with van der Waals surface area (Å²) in [6, 6.07) is 30.4. The van der Waals surface area contributed by atoms with Crippen LogP contribution in [0, 0.1) is 0 Å². The van der Waals surface area contributed by atoms with Gasteiger partial charge in [-0.1, -0.05) is 84.9 Å². The van der Waals surface area contributed by atoms with Crippen LogP contribution in [0.1, 0.15) is 23.1 Å². The molecule has 6 aromatic rings.